The number of para-hydroxylation sites is 1. The maximum absolute atomic E-state index is 12.2. The predicted molar refractivity (Wildman–Crippen MR) is 81.7 cm³/mol. The molecule has 1 aliphatic rings. The van der Waals surface area contributed by atoms with E-state index in [1.807, 2.05) is 30.0 Å². The summed E-state index contributed by atoms with van der Waals surface area (Å²) >= 11 is 0. The van der Waals surface area contributed by atoms with Crippen LogP contribution < -0.4 is 4.74 Å². The molecule has 1 fully saturated rings. The summed E-state index contributed by atoms with van der Waals surface area (Å²) in [5.41, 5.74) is 0. The summed E-state index contributed by atoms with van der Waals surface area (Å²) in [6.07, 6.45) is 0.448. The van der Waals surface area contributed by atoms with E-state index in [-0.39, 0.29) is 18.1 Å². The molecule has 0 aromatic heterocycles. The normalized spacial score (nSPS) is 17.5. The lowest BCUT2D eigenvalue weighted by Crippen LogP contribution is -2.42. The lowest BCUT2D eigenvalue weighted by Gasteiger charge is -2.25. The first-order chi connectivity index (χ1) is 10.6. The minimum atomic E-state index is -0.348. The fourth-order valence-electron chi connectivity index (χ4n) is 2.48. The number of nitrogens with zero attached hydrogens (tertiary/aromatic N) is 2. The zero-order chi connectivity index (χ0) is 15.9. The van der Waals surface area contributed by atoms with Gasteiger partial charge in [-0.3, -0.25) is 9.69 Å². The van der Waals surface area contributed by atoms with Gasteiger partial charge in [-0.1, -0.05) is 18.2 Å². The molecule has 22 heavy (non-hydrogen) atoms. The summed E-state index contributed by atoms with van der Waals surface area (Å²) in [6, 6.07) is 8.73. The minimum Gasteiger partial charge on any atom is -0.468 e. The van der Waals surface area contributed by atoms with Gasteiger partial charge in [0.05, 0.1) is 7.11 Å². The Hall–Kier alpha value is -2.08. The Morgan fingerprint density at radius 3 is 2.50 bits per heavy atom. The number of carbonyl (C=O) groups is 2. The molecule has 6 nitrogen and oxygen atoms in total. The first-order valence-corrected chi connectivity index (χ1v) is 7.45. The summed E-state index contributed by atoms with van der Waals surface area (Å²) in [7, 11) is 1.39. The Bertz CT molecular complexity index is 506. The van der Waals surface area contributed by atoms with Gasteiger partial charge in [-0.05, 0) is 25.5 Å². The van der Waals surface area contributed by atoms with Gasteiger partial charge in [0, 0.05) is 26.2 Å². The van der Waals surface area contributed by atoms with E-state index in [1.165, 1.54) is 7.11 Å². The monoisotopic (exact) mass is 306 g/mol. The van der Waals surface area contributed by atoms with Crippen molar-refractivity contribution in [2.24, 2.45) is 0 Å². The second-order valence-corrected chi connectivity index (χ2v) is 5.26. The molecule has 0 spiro atoms. The number of hydrogen-bond acceptors (Lipinski definition) is 5. The van der Waals surface area contributed by atoms with Crippen LogP contribution in [0.3, 0.4) is 0 Å². The molecule has 6 heteroatoms. The number of ether oxygens (including phenoxy) is 2. The topological polar surface area (TPSA) is 59.1 Å². The first-order valence-electron chi connectivity index (χ1n) is 7.45. The van der Waals surface area contributed by atoms with Gasteiger partial charge in [-0.2, -0.15) is 0 Å². The Morgan fingerprint density at radius 2 is 1.82 bits per heavy atom. The molecule has 1 heterocycles. The molecular weight excluding hydrogens is 284 g/mol. The van der Waals surface area contributed by atoms with E-state index in [1.54, 1.807) is 17.0 Å². The van der Waals surface area contributed by atoms with Crippen molar-refractivity contribution < 1.29 is 19.1 Å². The van der Waals surface area contributed by atoms with E-state index in [4.69, 9.17) is 9.47 Å². The molecule has 1 atom stereocenters. The van der Waals surface area contributed by atoms with Crippen LogP contribution in [0.5, 0.6) is 5.75 Å². The Labute approximate surface area is 130 Å². The largest absolute Gasteiger partial charge is 0.468 e. The maximum atomic E-state index is 12.2. The smallest absolute Gasteiger partial charge is 0.415 e. The van der Waals surface area contributed by atoms with Crippen LogP contribution in [-0.4, -0.2) is 61.2 Å². The average Bonchev–Trinajstić information content (AvgIpc) is 2.80. The summed E-state index contributed by atoms with van der Waals surface area (Å²) in [4.78, 5) is 27.5. The summed E-state index contributed by atoms with van der Waals surface area (Å²) in [5.74, 6) is 0.289. The van der Waals surface area contributed by atoms with Crippen molar-refractivity contribution in [3.63, 3.8) is 0 Å². The number of methoxy groups -OCH3 is 1. The number of hydrogen-bond donors (Lipinski definition) is 0. The van der Waals surface area contributed by atoms with Crippen LogP contribution in [0, 0.1) is 0 Å². The number of benzene rings is 1. The highest BCUT2D eigenvalue weighted by Gasteiger charge is 2.26. The molecule has 1 amide bonds. The highest BCUT2D eigenvalue weighted by molar-refractivity contribution is 5.75. The number of rotatable bonds is 3. The fourth-order valence-corrected chi connectivity index (χ4v) is 2.48. The van der Waals surface area contributed by atoms with Crippen LogP contribution in [-0.2, 0) is 9.53 Å². The molecule has 120 valence electrons. The van der Waals surface area contributed by atoms with E-state index in [0.29, 0.717) is 25.4 Å². The second-order valence-electron chi connectivity index (χ2n) is 5.26. The molecular formula is C16H22N2O4. The Morgan fingerprint density at radius 1 is 1.09 bits per heavy atom. The molecule has 1 aliphatic heterocycles. The van der Waals surface area contributed by atoms with E-state index in [2.05, 4.69) is 0 Å². The van der Waals surface area contributed by atoms with Crippen molar-refractivity contribution >= 4 is 12.1 Å². The van der Waals surface area contributed by atoms with Crippen molar-refractivity contribution in [1.82, 2.24) is 9.80 Å². The van der Waals surface area contributed by atoms with Gasteiger partial charge < -0.3 is 14.4 Å². The molecule has 0 radical (unpaired) electrons. The van der Waals surface area contributed by atoms with E-state index in [9.17, 15) is 9.59 Å². The van der Waals surface area contributed by atoms with Gasteiger partial charge in [0.25, 0.3) is 0 Å². The standard InChI is InChI=1S/C16H22N2O4/c1-13(15(19)21-2)17-9-6-10-18(12-11-17)16(20)22-14-7-4-3-5-8-14/h3-5,7-8,13H,6,9-12H2,1-2H3/t13-/m1/s1. The molecule has 2 rings (SSSR count). The lowest BCUT2D eigenvalue weighted by molar-refractivity contribution is -0.146. The summed E-state index contributed by atoms with van der Waals surface area (Å²) in [5, 5.41) is 0. The fraction of sp³-hybridized carbons (Fsp3) is 0.500. The van der Waals surface area contributed by atoms with Gasteiger partial charge in [0.2, 0.25) is 0 Å². The molecule has 0 saturated carbocycles. The lowest BCUT2D eigenvalue weighted by atomic mass is 10.2. The van der Waals surface area contributed by atoms with Crippen LogP contribution in [0.4, 0.5) is 4.79 Å². The third-order valence-electron chi connectivity index (χ3n) is 3.83. The highest BCUT2D eigenvalue weighted by atomic mass is 16.6. The molecule has 0 bridgehead atoms. The molecule has 0 N–H and O–H groups in total. The van der Waals surface area contributed by atoms with Crippen LogP contribution in [0.25, 0.3) is 0 Å². The van der Waals surface area contributed by atoms with Crippen LogP contribution in [0.1, 0.15) is 13.3 Å². The van der Waals surface area contributed by atoms with Crippen molar-refractivity contribution in [2.75, 3.05) is 33.3 Å². The highest BCUT2D eigenvalue weighted by Crippen LogP contribution is 2.13. The number of esters is 1. The van der Waals surface area contributed by atoms with Gasteiger partial charge in [0.15, 0.2) is 0 Å². The van der Waals surface area contributed by atoms with E-state index in [0.717, 1.165) is 13.0 Å². The van der Waals surface area contributed by atoms with Crippen LogP contribution >= 0.6 is 0 Å². The van der Waals surface area contributed by atoms with Crippen LogP contribution in [0.2, 0.25) is 0 Å². The predicted octanol–water partition coefficient (Wildman–Crippen LogP) is 1.75. The number of amides is 1. The molecule has 0 unspecified atom stereocenters. The van der Waals surface area contributed by atoms with Gasteiger partial charge in [0.1, 0.15) is 11.8 Å². The zero-order valence-corrected chi connectivity index (χ0v) is 13.0. The van der Waals surface area contributed by atoms with E-state index < -0.39 is 0 Å². The van der Waals surface area contributed by atoms with Gasteiger partial charge in [-0.15, -0.1) is 0 Å². The zero-order valence-electron chi connectivity index (χ0n) is 13.0. The maximum Gasteiger partial charge on any atom is 0.415 e. The minimum absolute atomic E-state index is 0.250. The molecule has 0 aliphatic carbocycles. The quantitative estimate of drug-likeness (QED) is 0.796. The first kappa shape index (κ1) is 16.3. The number of carbonyl (C=O) groups excluding carboxylic acids is 2. The van der Waals surface area contributed by atoms with Crippen molar-refractivity contribution in [3.8, 4) is 5.75 Å². The second kappa shape index (κ2) is 7.79. The van der Waals surface area contributed by atoms with Crippen LogP contribution in [0.15, 0.2) is 30.3 Å². The molecule has 1 aromatic rings. The van der Waals surface area contributed by atoms with E-state index >= 15 is 0 Å². The molecule has 1 aromatic carbocycles. The van der Waals surface area contributed by atoms with Crippen molar-refractivity contribution in [3.05, 3.63) is 30.3 Å². The Balaban J connectivity index is 1.90. The average molecular weight is 306 g/mol. The SMILES string of the molecule is COC(=O)[C@@H](C)N1CCCN(C(=O)Oc2ccccc2)CC1. The third kappa shape index (κ3) is 4.21. The third-order valence-corrected chi connectivity index (χ3v) is 3.83. The van der Waals surface area contributed by atoms with Gasteiger partial charge >= 0.3 is 12.1 Å². The van der Waals surface area contributed by atoms with Crippen molar-refractivity contribution in [2.45, 2.75) is 19.4 Å². The van der Waals surface area contributed by atoms with Gasteiger partial charge in [-0.25, -0.2) is 4.79 Å². The Kier molecular flexibility index (Phi) is 5.77. The summed E-state index contributed by atoms with van der Waals surface area (Å²) in [6.45, 7) is 4.36. The molecule has 1 saturated heterocycles. The van der Waals surface area contributed by atoms with Crippen molar-refractivity contribution in [1.29, 1.82) is 0 Å². The summed E-state index contributed by atoms with van der Waals surface area (Å²) < 4.78 is 10.1.